The van der Waals surface area contributed by atoms with E-state index in [1.54, 1.807) is 4.68 Å². The second-order valence-electron chi connectivity index (χ2n) is 7.58. The molecular formula is C24H23F3N4O3. The minimum Gasteiger partial charge on any atom is -0.480 e. The molecule has 0 amide bonds. The summed E-state index contributed by atoms with van der Waals surface area (Å²) in [6, 6.07) is 14.3. The molecule has 10 heteroatoms. The van der Waals surface area contributed by atoms with Crippen molar-refractivity contribution in [3.05, 3.63) is 77.0 Å². The summed E-state index contributed by atoms with van der Waals surface area (Å²) in [5, 5.41) is 5.23. The second-order valence-corrected chi connectivity index (χ2v) is 7.58. The van der Waals surface area contributed by atoms with E-state index in [4.69, 9.17) is 14.2 Å². The Labute approximate surface area is 194 Å². The average Bonchev–Trinajstić information content (AvgIpc) is 3.21. The van der Waals surface area contributed by atoms with Gasteiger partial charge in [0.05, 0.1) is 39.0 Å². The fourth-order valence-electron chi connectivity index (χ4n) is 3.60. The van der Waals surface area contributed by atoms with Crippen molar-refractivity contribution in [2.24, 2.45) is 0 Å². The Kier molecular flexibility index (Phi) is 6.69. The van der Waals surface area contributed by atoms with Gasteiger partial charge in [-0.1, -0.05) is 42.5 Å². The minimum atomic E-state index is -4.41. The molecule has 1 atom stereocenters. The highest BCUT2D eigenvalue weighted by molar-refractivity contribution is 5.84. The van der Waals surface area contributed by atoms with Gasteiger partial charge < -0.3 is 14.2 Å². The van der Waals surface area contributed by atoms with E-state index in [-0.39, 0.29) is 18.5 Å². The van der Waals surface area contributed by atoms with Crippen LogP contribution in [0.4, 0.5) is 13.2 Å². The summed E-state index contributed by atoms with van der Waals surface area (Å²) in [4.78, 5) is 8.70. The Hall–Kier alpha value is -3.66. The molecule has 0 spiro atoms. The Bertz CT molecular complexity index is 1260. The summed E-state index contributed by atoms with van der Waals surface area (Å²) < 4.78 is 57.1. The minimum absolute atomic E-state index is 0.0851. The van der Waals surface area contributed by atoms with Crippen LogP contribution in [-0.4, -0.2) is 34.0 Å². The predicted molar refractivity (Wildman–Crippen MR) is 119 cm³/mol. The summed E-state index contributed by atoms with van der Waals surface area (Å²) in [7, 11) is 2.91. The number of aromatic nitrogens is 4. The molecule has 0 unspecified atom stereocenters. The number of fused-ring (bicyclic) bond motifs is 1. The first-order valence-corrected chi connectivity index (χ1v) is 10.5. The summed E-state index contributed by atoms with van der Waals surface area (Å²) in [6.07, 6.45) is -4.41. The van der Waals surface area contributed by atoms with E-state index in [0.717, 1.165) is 17.7 Å². The van der Waals surface area contributed by atoms with Crippen molar-refractivity contribution in [2.75, 3.05) is 14.2 Å². The summed E-state index contributed by atoms with van der Waals surface area (Å²) in [5.41, 5.74) is 1.90. The van der Waals surface area contributed by atoms with Gasteiger partial charge in [-0.25, -0.2) is 4.68 Å². The van der Waals surface area contributed by atoms with Gasteiger partial charge in [0.25, 0.3) is 0 Å². The van der Waals surface area contributed by atoms with Crippen molar-refractivity contribution in [1.82, 2.24) is 19.7 Å². The van der Waals surface area contributed by atoms with Crippen LogP contribution >= 0.6 is 0 Å². The molecule has 0 N–H and O–H groups in total. The van der Waals surface area contributed by atoms with E-state index in [2.05, 4.69) is 15.1 Å². The fraction of sp³-hybridized carbons (Fsp3) is 0.292. The number of methoxy groups -OCH3 is 2. The molecule has 0 aliphatic carbocycles. The maximum absolute atomic E-state index is 13.0. The molecule has 2 heterocycles. The molecule has 2 aromatic carbocycles. The van der Waals surface area contributed by atoms with Crippen LogP contribution in [0, 0.1) is 0 Å². The van der Waals surface area contributed by atoms with Crippen molar-refractivity contribution in [2.45, 2.75) is 32.4 Å². The van der Waals surface area contributed by atoms with Gasteiger partial charge in [-0.3, -0.25) is 0 Å². The third-order valence-electron chi connectivity index (χ3n) is 5.38. The van der Waals surface area contributed by atoms with Gasteiger partial charge in [0.15, 0.2) is 5.65 Å². The van der Waals surface area contributed by atoms with Crippen molar-refractivity contribution >= 4 is 11.0 Å². The first-order chi connectivity index (χ1) is 16.3. The lowest BCUT2D eigenvalue weighted by atomic mass is 10.1. The number of alkyl halides is 3. The van der Waals surface area contributed by atoms with Gasteiger partial charge >= 0.3 is 12.2 Å². The van der Waals surface area contributed by atoms with Crippen molar-refractivity contribution in [3.8, 4) is 11.9 Å². The van der Waals surface area contributed by atoms with E-state index in [0.29, 0.717) is 28.9 Å². The lowest BCUT2D eigenvalue weighted by molar-refractivity contribution is -0.137. The second kappa shape index (κ2) is 9.68. The largest absolute Gasteiger partial charge is 0.480 e. The molecule has 0 saturated carbocycles. The summed E-state index contributed by atoms with van der Waals surface area (Å²) >= 11 is 0. The zero-order valence-electron chi connectivity index (χ0n) is 18.8. The third kappa shape index (κ3) is 4.81. The van der Waals surface area contributed by atoms with Crippen LogP contribution in [0.3, 0.4) is 0 Å². The van der Waals surface area contributed by atoms with Gasteiger partial charge in [0.1, 0.15) is 11.1 Å². The summed E-state index contributed by atoms with van der Waals surface area (Å²) in [5.74, 6) is 0.269. The van der Waals surface area contributed by atoms with E-state index >= 15 is 0 Å². The SMILES string of the molecule is COc1nc(OC)c2c(COCc3ccccc3)nn([C@@H](C)c3ccc(C(F)(F)F)cc3)c2n1. The Morgan fingerprint density at radius 1 is 0.912 bits per heavy atom. The van der Waals surface area contributed by atoms with Crippen molar-refractivity contribution in [1.29, 1.82) is 0 Å². The van der Waals surface area contributed by atoms with Crippen LogP contribution in [0.1, 0.15) is 35.3 Å². The van der Waals surface area contributed by atoms with Gasteiger partial charge in [0, 0.05) is 0 Å². The molecule has 0 aliphatic rings. The van der Waals surface area contributed by atoms with Crippen LogP contribution in [0.5, 0.6) is 11.9 Å². The number of hydrogen-bond acceptors (Lipinski definition) is 6. The molecule has 0 radical (unpaired) electrons. The number of hydrogen-bond donors (Lipinski definition) is 0. The van der Waals surface area contributed by atoms with Gasteiger partial charge in [-0.2, -0.15) is 28.2 Å². The van der Waals surface area contributed by atoms with Crippen LogP contribution in [0.25, 0.3) is 11.0 Å². The molecule has 0 saturated heterocycles. The highest BCUT2D eigenvalue weighted by Crippen LogP contribution is 2.34. The third-order valence-corrected chi connectivity index (χ3v) is 5.38. The van der Waals surface area contributed by atoms with Gasteiger partial charge in [-0.05, 0) is 30.2 Å². The lowest BCUT2D eigenvalue weighted by Gasteiger charge is -2.15. The van der Waals surface area contributed by atoms with Crippen LogP contribution in [0.2, 0.25) is 0 Å². The van der Waals surface area contributed by atoms with E-state index < -0.39 is 17.8 Å². The normalized spacial score (nSPS) is 12.6. The molecule has 7 nitrogen and oxygen atoms in total. The molecule has 2 aromatic heterocycles. The maximum atomic E-state index is 13.0. The molecule has 0 fully saturated rings. The first kappa shape index (κ1) is 23.5. The fourth-order valence-corrected chi connectivity index (χ4v) is 3.60. The van der Waals surface area contributed by atoms with E-state index in [1.807, 2.05) is 37.3 Å². The number of benzene rings is 2. The van der Waals surface area contributed by atoms with Crippen LogP contribution in [0.15, 0.2) is 54.6 Å². The Morgan fingerprint density at radius 2 is 1.62 bits per heavy atom. The first-order valence-electron chi connectivity index (χ1n) is 10.5. The molecule has 178 valence electrons. The standard InChI is InChI=1S/C24H23F3N4O3/c1-15(17-9-11-18(12-10-17)24(25,26)27)31-21-20(22(32-2)29-23(28-21)33-3)19(30-31)14-34-13-16-7-5-4-6-8-16/h4-12,15H,13-14H2,1-3H3/t15-/m0/s1. The quantitative estimate of drug-likeness (QED) is 0.352. The van der Waals surface area contributed by atoms with Crippen LogP contribution < -0.4 is 9.47 Å². The molecule has 4 aromatic rings. The van der Waals surface area contributed by atoms with Crippen molar-refractivity contribution in [3.63, 3.8) is 0 Å². The van der Waals surface area contributed by atoms with Gasteiger partial charge in [-0.15, -0.1) is 0 Å². The Morgan fingerprint density at radius 3 is 2.24 bits per heavy atom. The molecule has 34 heavy (non-hydrogen) atoms. The predicted octanol–water partition coefficient (Wildman–Crippen LogP) is 5.19. The van der Waals surface area contributed by atoms with E-state index in [1.165, 1.54) is 26.4 Å². The topological polar surface area (TPSA) is 71.3 Å². The molecular weight excluding hydrogens is 449 g/mol. The highest BCUT2D eigenvalue weighted by atomic mass is 19.4. The molecule has 0 aliphatic heterocycles. The smallest absolute Gasteiger partial charge is 0.416 e. The number of ether oxygens (including phenoxy) is 3. The zero-order valence-corrected chi connectivity index (χ0v) is 18.8. The number of nitrogens with zero attached hydrogens (tertiary/aromatic N) is 4. The number of rotatable bonds is 8. The highest BCUT2D eigenvalue weighted by Gasteiger charge is 2.30. The number of halogens is 3. The summed E-state index contributed by atoms with van der Waals surface area (Å²) in [6.45, 7) is 2.36. The van der Waals surface area contributed by atoms with E-state index in [9.17, 15) is 13.2 Å². The van der Waals surface area contributed by atoms with Gasteiger partial charge in [0.2, 0.25) is 5.88 Å². The van der Waals surface area contributed by atoms with Crippen molar-refractivity contribution < 1.29 is 27.4 Å². The average molecular weight is 472 g/mol. The Balaban J connectivity index is 1.71. The van der Waals surface area contributed by atoms with Crippen LogP contribution in [-0.2, 0) is 24.1 Å². The lowest BCUT2D eigenvalue weighted by Crippen LogP contribution is -2.11. The monoisotopic (exact) mass is 472 g/mol. The molecule has 0 bridgehead atoms. The maximum Gasteiger partial charge on any atom is 0.416 e. The molecule has 4 rings (SSSR count). The zero-order chi connectivity index (χ0) is 24.3.